The zero-order valence-electron chi connectivity index (χ0n) is 7.28. The molecule has 0 aromatic heterocycles. The van der Waals surface area contributed by atoms with Crippen LogP contribution in [0.25, 0.3) is 0 Å². The van der Waals surface area contributed by atoms with Crippen LogP contribution >= 0.6 is 12.4 Å². The van der Waals surface area contributed by atoms with Gasteiger partial charge in [0, 0.05) is 5.56 Å². The van der Waals surface area contributed by atoms with Crippen LogP contribution in [-0.4, -0.2) is 12.6 Å². The lowest BCUT2D eigenvalue weighted by Crippen LogP contribution is -2.18. The summed E-state index contributed by atoms with van der Waals surface area (Å²) >= 11 is 0. The lowest BCUT2D eigenvalue weighted by atomic mass is 10.1. The summed E-state index contributed by atoms with van der Waals surface area (Å²) < 4.78 is 0. The highest BCUT2D eigenvalue weighted by Crippen LogP contribution is 2.09. The molecule has 1 aliphatic heterocycles. The number of halogens is 1. The molecular formula is C9H11ClN2O. The Morgan fingerprint density at radius 1 is 1.38 bits per heavy atom. The van der Waals surface area contributed by atoms with Gasteiger partial charge < -0.3 is 0 Å². The third kappa shape index (κ3) is 1.99. The molecule has 0 bridgehead atoms. The van der Waals surface area contributed by atoms with Gasteiger partial charge in [-0.2, -0.15) is 0 Å². The summed E-state index contributed by atoms with van der Waals surface area (Å²) in [5, 5.41) is 0. The average molecular weight is 199 g/mol. The van der Waals surface area contributed by atoms with Crippen molar-refractivity contribution >= 4 is 18.2 Å². The molecular weight excluding hydrogens is 188 g/mol. The fourth-order valence-corrected chi connectivity index (χ4v) is 1.21. The Kier molecular flexibility index (Phi) is 3.28. The van der Waals surface area contributed by atoms with Crippen LogP contribution in [0.2, 0.25) is 0 Å². The van der Waals surface area contributed by atoms with Gasteiger partial charge in [0.1, 0.15) is 0 Å². The Bertz CT molecular complexity index is 325. The maximum atomic E-state index is 4.91. The molecule has 0 spiro atoms. The Morgan fingerprint density at radius 3 is 2.77 bits per heavy atom. The Labute approximate surface area is 83.2 Å². The quantitative estimate of drug-likeness (QED) is 0.745. The molecule has 0 fully saturated rings. The molecule has 1 aromatic rings. The molecule has 0 atom stereocenters. The zero-order chi connectivity index (χ0) is 8.39. The molecule has 1 aliphatic rings. The molecule has 1 aromatic carbocycles. The fourth-order valence-electron chi connectivity index (χ4n) is 1.21. The van der Waals surface area contributed by atoms with E-state index >= 15 is 0 Å². The van der Waals surface area contributed by atoms with E-state index in [4.69, 9.17) is 4.84 Å². The number of aryl methyl sites for hydroxylation is 1. The first-order valence-electron chi connectivity index (χ1n) is 3.86. The predicted octanol–water partition coefficient (Wildman–Crippen LogP) is 1.66. The van der Waals surface area contributed by atoms with E-state index in [9.17, 15) is 0 Å². The van der Waals surface area contributed by atoms with Gasteiger partial charge in [-0.3, -0.25) is 4.84 Å². The van der Waals surface area contributed by atoms with Crippen molar-refractivity contribution in [1.82, 2.24) is 5.48 Å². The third-order valence-electron chi connectivity index (χ3n) is 1.86. The summed E-state index contributed by atoms with van der Waals surface area (Å²) in [5.41, 5.74) is 5.07. The number of aliphatic imine (C=N–C) groups is 1. The van der Waals surface area contributed by atoms with E-state index in [1.54, 1.807) is 0 Å². The van der Waals surface area contributed by atoms with Crippen molar-refractivity contribution < 1.29 is 4.84 Å². The summed E-state index contributed by atoms with van der Waals surface area (Å²) in [7, 11) is 0. The van der Waals surface area contributed by atoms with E-state index in [0.717, 1.165) is 11.4 Å². The Morgan fingerprint density at radius 2 is 2.15 bits per heavy atom. The molecule has 0 saturated carbocycles. The second kappa shape index (κ2) is 4.25. The van der Waals surface area contributed by atoms with E-state index < -0.39 is 0 Å². The smallest absolute Gasteiger partial charge is 0.167 e. The number of nitrogens with one attached hydrogen (secondary N) is 1. The van der Waals surface area contributed by atoms with Crippen LogP contribution in [0.15, 0.2) is 29.3 Å². The molecule has 0 aliphatic carbocycles. The number of hydrogen-bond acceptors (Lipinski definition) is 3. The standard InChI is InChI=1S/C9H10N2O.ClH/c1-7-4-2-3-5-8(7)9-10-6-12-11-9;/h2-5H,6H2,1H3,(H,10,11);1H. The SMILES string of the molecule is Cc1ccccc1C1=NCON1.Cl. The molecule has 1 N–H and O–H groups in total. The van der Waals surface area contributed by atoms with Crippen LogP contribution in [-0.2, 0) is 4.84 Å². The van der Waals surface area contributed by atoms with Crippen molar-refractivity contribution in [2.45, 2.75) is 6.92 Å². The van der Waals surface area contributed by atoms with Crippen molar-refractivity contribution in [3.8, 4) is 0 Å². The highest BCUT2D eigenvalue weighted by Gasteiger charge is 2.09. The minimum absolute atomic E-state index is 0. The highest BCUT2D eigenvalue weighted by molar-refractivity contribution is 5.99. The number of benzene rings is 1. The summed E-state index contributed by atoms with van der Waals surface area (Å²) in [6.07, 6.45) is 0. The minimum atomic E-state index is 0. The molecule has 2 rings (SSSR count). The molecule has 1 heterocycles. The summed E-state index contributed by atoms with van der Waals surface area (Å²) in [6.45, 7) is 2.46. The van der Waals surface area contributed by atoms with Gasteiger partial charge in [-0.1, -0.05) is 24.3 Å². The van der Waals surface area contributed by atoms with E-state index in [1.807, 2.05) is 18.2 Å². The second-order valence-corrected chi connectivity index (χ2v) is 2.70. The first-order valence-corrected chi connectivity index (χ1v) is 3.86. The van der Waals surface area contributed by atoms with Crippen molar-refractivity contribution in [3.05, 3.63) is 35.4 Å². The molecule has 13 heavy (non-hydrogen) atoms. The van der Waals surface area contributed by atoms with Gasteiger partial charge in [0.2, 0.25) is 0 Å². The minimum Gasteiger partial charge on any atom is -0.251 e. The monoisotopic (exact) mass is 198 g/mol. The molecule has 3 nitrogen and oxygen atoms in total. The molecule has 0 radical (unpaired) electrons. The van der Waals surface area contributed by atoms with Crippen LogP contribution in [0.5, 0.6) is 0 Å². The number of amidine groups is 1. The molecule has 0 amide bonds. The van der Waals surface area contributed by atoms with E-state index in [2.05, 4.69) is 23.5 Å². The molecule has 0 unspecified atom stereocenters. The fraction of sp³-hybridized carbons (Fsp3) is 0.222. The lowest BCUT2D eigenvalue weighted by Gasteiger charge is -2.03. The topological polar surface area (TPSA) is 33.6 Å². The highest BCUT2D eigenvalue weighted by atomic mass is 35.5. The van der Waals surface area contributed by atoms with Crippen molar-refractivity contribution in [2.24, 2.45) is 4.99 Å². The maximum absolute atomic E-state index is 4.91. The van der Waals surface area contributed by atoms with Gasteiger partial charge in [-0.15, -0.1) is 12.4 Å². The Balaban J connectivity index is 0.000000845. The number of hydrogen-bond donors (Lipinski definition) is 1. The molecule has 4 heteroatoms. The summed E-state index contributed by atoms with van der Waals surface area (Å²) in [4.78, 5) is 9.06. The van der Waals surface area contributed by atoms with Gasteiger partial charge in [0.05, 0.1) is 0 Å². The lowest BCUT2D eigenvalue weighted by molar-refractivity contribution is 0.115. The largest absolute Gasteiger partial charge is 0.251 e. The second-order valence-electron chi connectivity index (χ2n) is 2.70. The van der Waals surface area contributed by atoms with Gasteiger partial charge in [0.25, 0.3) is 0 Å². The third-order valence-corrected chi connectivity index (χ3v) is 1.86. The number of hydroxylamine groups is 1. The van der Waals surface area contributed by atoms with Crippen LogP contribution in [0.1, 0.15) is 11.1 Å². The van der Waals surface area contributed by atoms with E-state index in [-0.39, 0.29) is 12.4 Å². The van der Waals surface area contributed by atoms with Crippen LogP contribution in [0.4, 0.5) is 0 Å². The van der Waals surface area contributed by atoms with Gasteiger partial charge in [-0.05, 0) is 12.5 Å². The molecule has 0 saturated heterocycles. The van der Waals surface area contributed by atoms with Crippen LogP contribution in [0.3, 0.4) is 0 Å². The normalized spacial score (nSPS) is 14.4. The van der Waals surface area contributed by atoms with Crippen molar-refractivity contribution in [3.63, 3.8) is 0 Å². The first-order chi connectivity index (χ1) is 5.88. The predicted molar refractivity (Wildman–Crippen MR) is 54.1 cm³/mol. The maximum Gasteiger partial charge on any atom is 0.167 e. The van der Waals surface area contributed by atoms with Gasteiger partial charge in [0.15, 0.2) is 12.6 Å². The van der Waals surface area contributed by atoms with Crippen LogP contribution in [0, 0.1) is 6.92 Å². The Hall–Kier alpha value is -1.06. The van der Waals surface area contributed by atoms with Crippen LogP contribution < -0.4 is 5.48 Å². The van der Waals surface area contributed by atoms with Crippen molar-refractivity contribution in [1.29, 1.82) is 0 Å². The number of nitrogens with zero attached hydrogens (tertiary/aromatic N) is 1. The van der Waals surface area contributed by atoms with Gasteiger partial charge in [-0.25, -0.2) is 10.5 Å². The molecule has 70 valence electrons. The summed E-state index contributed by atoms with van der Waals surface area (Å²) in [5.74, 6) is 0.827. The zero-order valence-corrected chi connectivity index (χ0v) is 8.10. The van der Waals surface area contributed by atoms with Crippen molar-refractivity contribution in [2.75, 3.05) is 6.73 Å². The summed E-state index contributed by atoms with van der Waals surface area (Å²) in [6, 6.07) is 8.08. The number of rotatable bonds is 1. The average Bonchev–Trinajstić information content (AvgIpc) is 2.57. The van der Waals surface area contributed by atoms with E-state index in [1.165, 1.54) is 5.56 Å². The van der Waals surface area contributed by atoms with E-state index in [0.29, 0.717) is 6.73 Å². The van der Waals surface area contributed by atoms with Gasteiger partial charge >= 0.3 is 0 Å². The first kappa shape index (κ1) is 10.0.